The Hall–Kier alpha value is -3.41. The van der Waals surface area contributed by atoms with Crippen molar-refractivity contribution in [1.82, 2.24) is 20.1 Å². The highest BCUT2D eigenvalue weighted by Gasteiger charge is 2.14. The molecule has 0 aliphatic carbocycles. The molecule has 0 saturated carbocycles. The lowest BCUT2D eigenvalue weighted by Gasteiger charge is -2.08. The van der Waals surface area contributed by atoms with E-state index in [1.54, 1.807) is 18.3 Å². The molecule has 0 atom stereocenters. The van der Waals surface area contributed by atoms with E-state index in [1.807, 2.05) is 30.3 Å². The highest BCUT2D eigenvalue weighted by Crippen LogP contribution is 2.22. The highest BCUT2D eigenvalue weighted by atomic mass is 16.1. The van der Waals surface area contributed by atoms with Crippen molar-refractivity contribution < 1.29 is 4.79 Å². The van der Waals surface area contributed by atoms with Crippen LogP contribution in [0.1, 0.15) is 43.1 Å². The molecule has 30 heavy (non-hydrogen) atoms. The number of carbonyl (C=O) groups is 1. The van der Waals surface area contributed by atoms with Crippen molar-refractivity contribution in [3.05, 3.63) is 70.1 Å². The van der Waals surface area contributed by atoms with Crippen LogP contribution >= 0.6 is 0 Å². The van der Waals surface area contributed by atoms with Gasteiger partial charge in [0.25, 0.3) is 11.5 Å². The zero-order valence-corrected chi connectivity index (χ0v) is 17.5. The second-order valence-corrected chi connectivity index (χ2v) is 7.99. The maximum Gasteiger partial charge on any atom is 0.280 e. The SMILES string of the molecule is CCc1ccc(-n2[nH]c3c(cnc4ccc(C(=O)NCCC(C)C)cc43)c2=O)cc1. The van der Waals surface area contributed by atoms with E-state index in [2.05, 4.69) is 36.2 Å². The van der Waals surface area contributed by atoms with Crippen molar-refractivity contribution in [1.29, 1.82) is 0 Å². The molecule has 0 unspecified atom stereocenters. The Morgan fingerprint density at radius 3 is 2.60 bits per heavy atom. The molecule has 6 nitrogen and oxygen atoms in total. The number of aromatic amines is 1. The van der Waals surface area contributed by atoms with E-state index in [-0.39, 0.29) is 11.5 Å². The van der Waals surface area contributed by atoms with Crippen LogP contribution in [0.4, 0.5) is 0 Å². The first-order valence-corrected chi connectivity index (χ1v) is 10.4. The monoisotopic (exact) mass is 402 g/mol. The summed E-state index contributed by atoms with van der Waals surface area (Å²) in [6, 6.07) is 13.3. The zero-order chi connectivity index (χ0) is 21.3. The maximum absolute atomic E-state index is 13.0. The third-order valence-corrected chi connectivity index (χ3v) is 5.40. The minimum absolute atomic E-state index is 0.119. The Morgan fingerprint density at radius 1 is 1.13 bits per heavy atom. The van der Waals surface area contributed by atoms with Crippen molar-refractivity contribution in [3.8, 4) is 5.69 Å². The number of aromatic nitrogens is 3. The van der Waals surface area contributed by atoms with Gasteiger partial charge in [0.15, 0.2) is 0 Å². The van der Waals surface area contributed by atoms with Gasteiger partial charge in [0.1, 0.15) is 0 Å². The maximum atomic E-state index is 13.0. The topological polar surface area (TPSA) is 79.8 Å². The number of amides is 1. The van der Waals surface area contributed by atoms with E-state index < -0.39 is 0 Å². The van der Waals surface area contributed by atoms with Gasteiger partial charge in [-0.2, -0.15) is 0 Å². The number of pyridine rings is 1. The molecule has 6 heteroatoms. The molecule has 4 aromatic rings. The second kappa shape index (κ2) is 8.14. The molecule has 0 radical (unpaired) electrons. The normalized spacial score (nSPS) is 11.5. The van der Waals surface area contributed by atoms with E-state index in [9.17, 15) is 9.59 Å². The summed E-state index contributed by atoms with van der Waals surface area (Å²) >= 11 is 0. The van der Waals surface area contributed by atoms with Crippen LogP contribution in [-0.2, 0) is 6.42 Å². The molecule has 4 rings (SSSR count). The highest BCUT2D eigenvalue weighted by molar-refractivity contribution is 6.06. The lowest BCUT2D eigenvalue weighted by molar-refractivity contribution is 0.0952. The molecule has 2 N–H and O–H groups in total. The van der Waals surface area contributed by atoms with Crippen LogP contribution in [0, 0.1) is 5.92 Å². The summed E-state index contributed by atoms with van der Waals surface area (Å²) in [7, 11) is 0. The lowest BCUT2D eigenvalue weighted by atomic mass is 10.1. The van der Waals surface area contributed by atoms with Gasteiger partial charge < -0.3 is 5.32 Å². The Morgan fingerprint density at radius 2 is 1.90 bits per heavy atom. The van der Waals surface area contributed by atoms with Crippen LogP contribution < -0.4 is 10.9 Å². The molecule has 0 aliphatic rings. The van der Waals surface area contributed by atoms with Crippen molar-refractivity contribution in [2.45, 2.75) is 33.6 Å². The molecule has 2 aromatic carbocycles. The first kappa shape index (κ1) is 19.9. The molecule has 1 amide bonds. The minimum atomic E-state index is -0.157. The van der Waals surface area contributed by atoms with Crippen molar-refractivity contribution in [2.24, 2.45) is 5.92 Å². The lowest BCUT2D eigenvalue weighted by Crippen LogP contribution is -2.25. The summed E-state index contributed by atoms with van der Waals surface area (Å²) in [6.45, 7) is 6.99. The van der Waals surface area contributed by atoms with Crippen LogP contribution in [0.5, 0.6) is 0 Å². The number of carbonyl (C=O) groups excluding carboxylic acids is 1. The third kappa shape index (κ3) is 3.73. The Bertz CT molecular complexity index is 1270. The largest absolute Gasteiger partial charge is 0.352 e. The third-order valence-electron chi connectivity index (χ3n) is 5.40. The quantitative estimate of drug-likeness (QED) is 0.507. The van der Waals surface area contributed by atoms with Gasteiger partial charge in [-0.3, -0.25) is 19.7 Å². The number of nitrogens with zero attached hydrogens (tertiary/aromatic N) is 2. The van der Waals surface area contributed by atoms with Crippen molar-refractivity contribution in [3.63, 3.8) is 0 Å². The van der Waals surface area contributed by atoms with Gasteiger partial charge in [0.05, 0.1) is 22.1 Å². The van der Waals surface area contributed by atoms with E-state index in [0.29, 0.717) is 28.9 Å². The fourth-order valence-electron chi connectivity index (χ4n) is 3.54. The first-order chi connectivity index (χ1) is 14.5. The molecule has 2 heterocycles. The predicted octanol–water partition coefficient (Wildman–Crippen LogP) is 4.21. The number of nitrogens with one attached hydrogen (secondary N) is 2. The van der Waals surface area contributed by atoms with Gasteiger partial charge in [-0.25, -0.2) is 4.68 Å². The predicted molar refractivity (Wildman–Crippen MR) is 120 cm³/mol. The Labute approximate surface area is 174 Å². The smallest absolute Gasteiger partial charge is 0.280 e. The minimum Gasteiger partial charge on any atom is -0.352 e. The van der Waals surface area contributed by atoms with Crippen LogP contribution in [0.3, 0.4) is 0 Å². The van der Waals surface area contributed by atoms with Crippen molar-refractivity contribution in [2.75, 3.05) is 6.54 Å². The van der Waals surface area contributed by atoms with E-state index in [1.165, 1.54) is 10.2 Å². The van der Waals surface area contributed by atoms with Gasteiger partial charge >= 0.3 is 0 Å². The number of rotatable bonds is 6. The van der Waals surface area contributed by atoms with Gasteiger partial charge in [-0.1, -0.05) is 32.9 Å². The molecule has 0 aliphatic heterocycles. The van der Waals surface area contributed by atoms with Crippen LogP contribution in [0.2, 0.25) is 0 Å². The first-order valence-electron chi connectivity index (χ1n) is 10.4. The number of aryl methyl sites for hydroxylation is 1. The fraction of sp³-hybridized carbons (Fsp3) is 0.292. The van der Waals surface area contributed by atoms with Gasteiger partial charge in [-0.05, 0) is 54.7 Å². The average Bonchev–Trinajstić information content (AvgIpc) is 3.10. The standard InChI is InChI=1S/C24H26N4O2/c1-4-16-5-8-18(9-6-16)28-24(30)20-14-26-21-10-7-17(13-19(21)22(20)27-28)23(29)25-12-11-15(2)3/h5-10,13-15,27H,4,11-12H2,1-3H3,(H,25,29). The summed E-state index contributed by atoms with van der Waals surface area (Å²) in [6.07, 6.45) is 3.46. The Balaban J connectivity index is 1.76. The van der Waals surface area contributed by atoms with Crippen LogP contribution in [0.15, 0.2) is 53.5 Å². The van der Waals surface area contributed by atoms with E-state index >= 15 is 0 Å². The number of hydrogen-bond donors (Lipinski definition) is 2. The molecular weight excluding hydrogens is 376 g/mol. The molecule has 0 saturated heterocycles. The number of H-pyrrole nitrogens is 1. The summed E-state index contributed by atoms with van der Waals surface area (Å²) in [5, 5.41) is 7.43. The van der Waals surface area contributed by atoms with Gasteiger partial charge in [0.2, 0.25) is 0 Å². The summed E-state index contributed by atoms with van der Waals surface area (Å²) in [5.74, 6) is 0.411. The Kier molecular flexibility index (Phi) is 5.40. The molecule has 2 aromatic heterocycles. The van der Waals surface area contributed by atoms with Crippen LogP contribution in [0.25, 0.3) is 27.5 Å². The van der Waals surface area contributed by atoms with Gasteiger partial charge in [-0.15, -0.1) is 0 Å². The average molecular weight is 402 g/mol. The number of hydrogen-bond acceptors (Lipinski definition) is 3. The van der Waals surface area contributed by atoms with Crippen LogP contribution in [-0.4, -0.2) is 27.2 Å². The molecule has 154 valence electrons. The van der Waals surface area contributed by atoms with Crippen molar-refractivity contribution >= 4 is 27.7 Å². The van der Waals surface area contributed by atoms with Gasteiger partial charge in [0, 0.05) is 23.7 Å². The molecule has 0 spiro atoms. The van der Waals surface area contributed by atoms with E-state index in [4.69, 9.17) is 0 Å². The second-order valence-electron chi connectivity index (χ2n) is 7.99. The molecule has 0 bridgehead atoms. The van der Waals surface area contributed by atoms with E-state index in [0.717, 1.165) is 29.4 Å². The number of fused-ring (bicyclic) bond motifs is 3. The zero-order valence-electron chi connectivity index (χ0n) is 17.5. The number of benzene rings is 2. The summed E-state index contributed by atoms with van der Waals surface area (Å²) in [4.78, 5) is 29.9. The summed E-state index contributed by atoms with van der Waals surface area (Å²) < 4.78 is 1.53. The molecule has 0 fully saturated rings. The summed E-state index contributed by atoms with van der Waals surface area (Å²) in [5.41, 5.74) is 3.79. The fourth-order valence-corrected chi connectivity index (χ4v) is 3.54. The molecular formula is C24H26N4O2.